The zero-order chi connectivity index (χ0) is 37.3. The smallest absolute Gasteiger partial charge is 0.272 e. The molecule has 4 aliphatic rings. The molecule has 0 radical (unpaired) electrons. The fourth-order valence-electron chi connectivity index (χ4n) is 7.03. The highest BCUT2D eigenvalue weighted by Gasteiger charge is 2.62. The minimum absolute atomic E-state index is 0.0190. The van der Waals surface area contributed by atoms with E-state index in [1.54, 1.807) is 0 Å². The minimum atomic E-state index is -3.91. The van der Waals surface area contributed by atoms with Crippen LogP contribution in [0.1, 0.15) is 80.9 Å². The van der Waals surface area contributed by atoms with Gasteiger partial charge in [0.1, 0.15) is 40.9 Å². The molecule has 2 aromatic heterocycles. The second-order valence-electron chi connectivity index (χ2n) is 14.1. The lowest BCUT2D eigenvalue weighted by Crippen LogP contribution is -2.58. The van der Waals surface area contributed by atoms with Gasteiger partial charge in [-0.05, 0) is 57.1 Å². The normalized spacial score (nSPS) is 26.4. The van der Waals surface area contributed by atoms with Crippen LogP contribution in [0.15, 0.2) is 48.9 Å². The number of nitrogens with zero attached hydrogens (tertiary/aromatic N) is 5. The lowest BCUT2D eigenvalue weighted by molar-refractivity contribution is -0.141. The van der Waals surface area contributed by atoms with Gasteiger partial charge in [0.25, 0.3) is 11.8 Å². The van der Waals surface area contributed by atoms with E-state index in [1.165, 1.54) is 41.7 Å². The summed E-state index contributed by atoms with van der Waals surface area (Å²) in [6.07, 6.45) is 11.6. The lowest BCUT2D eigenvalue weighted by atomic mass is 10.0. The van der Waals surface area contributed by atoms with Crippen LogP contribution in [-0.2, 0) is 30.8 Å². The molecule has 15 nitrogen and oxygen atoms in total. The zero-order valence-corrected chi connectivity index (χ0v) is 30.0. The molecule has 17 heteroatoms. The molecule has 1 saturated heterocycles. The number of hydrogen-bond acceptors (Lipinski definition) is 11. The maximum absolute atomic E-state index is 14.5. The average Bonchev–Trinajstić information content (AvgIpc) is 4.07. The van der Waals surface area contributed by atoms with E-state index in [1.807, 2.05) is 19.1 Å². The van der Waals surface area contributed by atoms with Gasteiger partial charge in [0.05, 0.1) is 29.0 Å². The number of amides is 4. The Balaban J connectivity index is 1.20. The van der Waals surface area contributed by atoms with Gasteiger partial charge < -0.3 is 20.3 Å². The fourth-order valence-corrected chi connectivity index (χ4v) is 8.39. The maximum atomic E-state index is 14.5. The molecule has 1 aromatic carbocycles. The van der Waals surface area contributed by atoms with Gasteiger partial charge in [-0.25, -0.2) is 27.8 Å². The van der Waals surface area contributed by atoms with Crippen molar-refractivity contribution in [2.45, 2.75) is 100 Å². The Labute approximate surface area is 305 Å². The number of hydrogen-bond donors (Lipinski definition) is 3. The van der Waals surface area contributed by atoms with Crippen LogP contribution in [0.5, 0.6) is 5.88 Å². The molecule has 280 valence electrons. The molecular weight excluding hydrogens is 708 g/mol. The van der Waals surface area contributed by atoms with E-state index in [-0.39, 0.29) is 42.9 Å². The summed E-state index contributed by atoms with van der Waals surface area (Å²) in [5.41, 5.74) is -0.269. The van der Waals surface area contributed by atoms with Crippen molar-refractivity contribution in [2.24, 2.45) is 5.92 Å². The highest BCUT2D eigenvalue weighted by Crippen LogP contribution is 2.46. The summed E-state index contributed by atoms with van der Waals surface area (Å²) < 4.78 is 48.2. The predicted octanol–water partition coefficient (Wildman–Crippen LogP) is 2.27. The highest BCUT2D eigenvalue weighted by atomic mass is 32.2. The molecule has 3 N–H and O–H groups in total. The monoisotopic (exact) mass is 748 g/mol. The number of allylic oxidation sites excluding steroid dienone is 1. The molecular formula is C36H41FN8O7S. The summed E-state index contributed by atoms with van der Waals surface area (Å²) in [6, 6.07) is 1.84. The predicted molar refractivity (Wildman–Crippen MR) is 188 cm³/mol. The van der Waals surface area contributed by atoms with Crippen LogP contribution in [0, 0.1) is 11.7 Å². The van der Waals surface area contributed by atoms with E-state index in [4.69, 9.17) is 4.74 Å². The van der Waals surface area contributed by atoms with Crippen LogP contribution in [-0.4, -0.2) is 92.4 Å². The number of carbonyl (C=O) groups excluding carboxylic acids is 4. The summed E-state index contributed by atoms with van der Waals surface area (Å²) >= 11 is 0. The summed E-state index contributed by atoms with van der Waals surface area (Å²) in [5.74, 6) is -3.45. The van der Waals surface area contributed by atoms with E-state index in [0.29, 0.717) is 43.3 Å². The van der Waals surface area contributed by atoms with Gasteiger partial charge in [-0.3, -0.25) is 28.9 Å². The molecule has 2 saturated carbocycles. The van der Waals surface area contributed by atoms with Gasteiger partial charge in [-0.2, -0.15) is 0 Å². The van der Waals surface area contributed by atoms with Gasteiger partial charge in [0.2, 0.25) is 27.7 Å². The Morgan fingerprint density at radius 1 is 1.09 bits per heavy atom. The third kappa shape index (κ3) is 7.84. The van der Waals surface area contributed by atoms with Crippen molar-refractivity contribution in [3.05, 3.63) is 66.1 Å². The van der Waals surface area contributed by atoms with E-state index in [9.17, 15) is 32.0 Å². The third-order valence-corrected chi connectivity index (χ3v) is 12.0. The molecule has 7 rings (SSSR count). The number of nitrogens with one attached hydrogen (secondary N) is 3. The van der Waals surface area contributed by atoms with Crippen molar-refractivity contribution in [1.29, 1.82) is 0 Å². The molecule has 2 aliphatic heterocycles. The SMILES string of the molecule is CCc1nc2ccc(F)cc2nc1O[C@@H]1C[C@H]2C(=O)N[C@]3(C(=O)NS(=O)(=O)C4CC4)C[C@H]3C=CCCCCC[C@H](NC(=O)c3cnccn3)C(=O)N2C1. The number of sulfonamides is 1. The first-order chi connectivity index (χ1) is 25.5. The largest absolute Gasteiger partial charge is 0.471 e. The summed E-state index contributed by atoms with van der Waals surface area (Å²) in [6.45, 7) is 1.78. The number of aryl methyl sites for hydroxylation is 1. The molecule has 4 heterocycles. The Hall–Kier alpha value is -5.06. The van der Waals surface area contributed by atoms with Gasteiger partial charge in [0, 0.05) is 30.8 Å². The van der Waals surface area contributed by atoms with Gasteiger partial charge in [-0.15, -0.1) is 0 Å². The Bertz CT molecular complexity index is 2060. The van der Waals surface area contributed by atoms with Crippen molar-refractivity contribution in [1.82, 2.24) is 40.2 Å². The van der Waals surface area contributed by atoms with E-state index in [2.05, 4.69) is 35.3 Å². The molecule has 3 fully saturated rings. The van der Waals surface area contributed by atoms with E-state index >= 15 is 0 Å². The topological polar surface area (TPSA) is 203 Å². The first kappa shape index (κ1) is 36.3. The number of fused-ring (bicyclic) bond motifs is 3. The Kier molecular flexibility index (Phi) is 10.1. The number of rotatable bonds is 8. The second kappa shape index (κ2) is 14.8. The van der Waals surface area contributed by atoms with Crippen molar-refractivity contribution in [2.75, 3.05) is 6.54 Å². The Morgan fingerprint density at radius 2 is 1.92 bits per heavy atom. The summed E-state index contributed by atoms with van der Waals surface area (Å²) in [5, 5.41) is 4.98. The van der Waals surface area contributed by atoms with Crippen LogP contribution in [0.4, 0.5) is 4.39 Å². The molecule has 3 aromatic rings. The van der Waals surface area contributed by atoms with Crippen LogP contribution >= 0.6 is 0 Å². The molecule has 53 heavy (non-hydrogen) atoms. The number of ether oxygens (including phenoxy) is 1. The first-order valence-electron chi connectivity index (χ1n) is 18.0. The van der Waals surface area contributed by atoms with Crippen LogP contribution in [0.3, 0.4) is 0 Å². The highest BCUT2D eigenvalue weighted by molar-refractivity contribution is 7.91. The number of aromatic nitrogens is 4. The van der Waals surface area contributed by atoms with Crippen molar-refractivity contribution in [3.63, 3.8) is 0 Å². The fraction of sp³-hybridized carbons (Fsp3) is 0.500. The standard InChI is InChI=1S/C36H41FN8O7S/c1-2-25-33(42-28-16-22(37)10-13-26(28)40-25)52-23-17-30-32(47)43-36(35(49)44-53(50,51)24-11-12-24)18-21(36)8-6-4-3-5-7-9-27(34(48)45(30)20-23)41-31(46)29-19-38-14-15-39-29/h6,8,10,13-16,19,21,23-24,27,30H,2-5,7,9,11-12,17-18,20H2,1H3,(H,41,46)(H,43,47)(H,44,49)/t21-,23-,27+,30+,36-/m1/s1. The van der Waals surface area contributed by atoms with E-state index < -0.39 is 74.4 Å². The number of benzene rings is 1. The molecule has 0 unspecified atom stereocenters. The summed E-state index contributed by atoms with van der Waals surface area (Å²) in [4.78, 5) is 74.2. The molecule has 4 amide bonds. The maximum Gasteiger partial charge on any atom is 0.272 e. The van der Waals surface area contributed by atoms with Crippen LogP contribution in [0.2, 0.25) is 0 Å². The summed E-state index contributed by atoms with van der Waals surface area (Å²) in [7, 11) is -3.91. The van der Waals surface area contributed by atoms with Gasteiger partial charge in [-0.1, -0.05) is 31.9 Å². The molecule has 5 atom stereocenters. The van der Waals surface area contributed by atoms with Crippen molar-refractivity contribution in [3.8, 4) is 5.88 Å². The first-order valence-corrected chi connectivity index (χ1v) is 19.6. The van der Waals surface area contributed by atoms with Crippen LogP contribution < -0.4 is 20.1 Å². The Morgan fingerprint density at radius 3 is 2.68 bits per heavy atom. The number of carbonyl (C=O) groups is 4. The quantitative estimate of drug-likeness (QED) is 0.285. The average molecular weight is 749 g/mol. The van der Waals surface area contributed by atoms with Gasteiger partial charge >= 0.3 is 0 Å². The van der Waals surface area contributed by atoms with Crippen LogP contribution in [0.25, 0.3) is 11.0 Å². The molecule has 2 aliphatic carbocycles. The molecule has 0 spiro atoms. The zero-order valence-electron chi connectivity index (χ0n) is 29.2. The van der Waals surface area contributed by atoms with Crippen molar-refractivity contribution >= 4 is 44.7 Å². The second-order valence-corrected chi connectivity index (χ2v) is 16.0. The van der Waals surface area contributed by atoms with Crippen molar-refractivity contribution < 1.29 is 36.7 Å². The molecule has 0 bridgehead atoms. The third-order valence-electron chi connectivity index (χ3n) is 10.2. The minimum Gasteiger partial charge on any atom is -0.471 e. The van der Waals surface area contributed by atoms with E-state index in [0.717, 1.165) is 12.8 Å². The number of halogens is 1. The van der Waals surface area contributed by atoms with Gasteiger partial charge in [0.15, 0.2) is 0 Å². The lowest BCUT2D eigenvalue weighted by Gasteiger charge is -2.29.